The van der Waals surface area contributed by atoms with Gasteiger partial charge in [0.05, 0.1) is 6.61 Å². The number of nitrogen functional groups attached to an aromatic ring is 1. The van der Waals surface area contributed by atoms with E-state index in [1.165, 1.54) is 12.8 Å². The van der Waals surface area contributed by atoms with Crippen molar-refractivity contribution in [2.24, 2.45) is 5.92 Å². The normalized spacial score (nSPS) is 17.1. The minimum Gasteiger partial charge on any atom is -0.463 e. The van der Waals surface area contributed by atoms with Crippen LogP contribution in [0.1, 0.15) is 26.2 Å². The first-order valence-electron chi connectivity index (χ1n) is 7.24. The largest absolute Gasteiger partial charge is 0.463 e. The molecule has 20 heavy (non-hydrogen) atoms. The van der Waals surface area contributed by atoms with Crippen LogP contribution < -0.4 is 15.8 Å². The maximum absolute atomic E-state index is 5.67. The van der Waals surface area contributed by atoms with Gasteiger partial charge in [-0.05, 0) is 45.3 Å². The van der Waals surface area contributed by atoms with Crippen molar-refractivity contribution in [2.45, 2.75) is 26.2 Å². The lowest BCUT2D eigenvalue weighted by Crippen LogP contribution is -2.33. The zero-order valence-corrected chi connectivity index (χ0v) is 12.3. The quantitative estimate of drug-likeness (QED) is 0.803. The van der Waals surface area contributed by atoms with Crippen LogP contribution in [-0.4, -0.2) is 53.1 Å². The first kappa shape index (κ1) is 14.8. The third-order valence-electron chi connectivity index (χ3n) is 3.45. The molecule has 1 aromatic rings. The molecule has 0 aliphatic carbocycles. The van der Waals surface area contributed by atoms with Crippen molar-refractivity contribution in [3.63, 3.8) is 0 Å². The summed E-state index contributed by atoms with van der Waals surface area (Å²) in [5, 5.41) is 3.25. The number of likely N-dealkylation sites (tertiary alicyclic amines) is 1. The zero-order chi connectivity index (χ0) is 14.4. The van der Waals surface area contributed by atoms with Crippen LogP contribution in [0.4, 0.5) is 11.9 Å². The van der Waals surface area contributed by atoms with E-state index in [1.54, 1.807) is 0 Å². The fourth-order valence-corrected chi connectivity index (χ4v) is 2.21. The Morgan fingerprint density at radius 3 is 2.75 bits per heavy atom. The van der Waals surface area contributed by atoms with Crippen molar-refractivity contribution in [3.8, 4) is 6.01 Å². The molecule has 1 aliphatic heterocycles. The SMILES string of the molecule is CCCOc1nc(N)nc(NCC2CCN(C)CC2)n1. The number of rotatable bonds is 6. The maximum Gasteiger partial charge on any atom is 0.323 e. The monoisotopic (exact) mass is 280 g/mol. The van der Waals surface area contributed by atoms with E-state index in [9.17, 15) is 0 Å². The molecule has 112 valence electrons. The van der Waals surface area contributed by atoms with E-state index in [-0.39, 0.29) is 5.95 Å². The highest BCUT2D eigenvalue weighted by Crippen LogP contribution is 2.17. The standard InChI is InChI=1S/C13H24N6O/c1-3-8-20-13-17-11(14)16-12(18-13)15-9-10-4-6-19(2)7-5-10/h10H,3-9H2,1-2H3,(H3,14,15,16,17,18). The lowest BCUT2D eigenvalue weighted by atomic mass is 9.97. The number of aromatic nitrogens is 3. The second-order valence-electron chi connectivity index (χ2n) is 5.28. The van der Waals surface area contributed by atoms with E-state index >= 15 is 0 Å². The minimum atomic E-state index is 0.192. The Morgan fingerprint density at radius 1 is 1.30 bits per heavy atom. The van der Waals surface area contributed by atoms with E-state index in [0.717, 1.165) is 26.1 Å². The second kappa shape index (κ2) is 7.23. The van der Waals surface area contributed by atoms with Gasteiger partial charge < -0.3 is 20.7 Å². The van der Waals surface area contributed by atoms with Gasteiger partial charge in [0.1, 0.15) is 0 Å². The molecular weight excluding hydrogens is 256 g/mol. The minimum absolute atomic E-state index is 0.192. The zero-order valence-electron chi connectivity index (χ0n) is 12.3. The molecule has 0 amide bonds. The molecule has 0 aromatic carbocycles. The summed E-state index contributed by atoms with van der Waals surface area (Å²) in [6, 6.07) is 0.297. The average Bonchev–Trinajstić information content (AvgIpc) is 2.44. The van der Waals surface area contributed by atoms with Crippen LogP contribution in [-0.2, 0) is 0 Å². The number of hydrogen-bond acceptors (Lipinski definition) is 7. The van der Waals surface area contributed by atoms with Gasteiger partial charge in [0.15, 0.2) is 0 Å². The van der Waals surface area contributed by atoms with E-state index in [1.807, 2.05) is 6.92 Å². The summed E-state index contributed by atoms with van der Waals surface area (Å²) < 4.78 is 5.39. The van der Waals surface area contributed by atoms with E-state index in [0.29, 0.717) is 24.5 Å². The Bertz CT molecular complexity index is 419. The molecule has 0 spiro atoms. The van der Waals surface area contributed by atoms with Crippen molar-refractivity contribution < 1.29 is 4.74 Å². The highest BCUT2D eigenvalue weighted by Gasteiger charge is 2.17. The number of nitrogens with zero attached hydrogens (tertiary/aromatic N) is 4. The van der Waals surface area contributed by atoms with Crippen molar-refractivity contribution in [3.05, 3.63) is 0 Å². The summed E-state index contributed by atoms with van der Waals surface area (Å²) in [7, 11) is 2.16. The molecular formula is C13H24N6O. The molecule has 7 heteroatoms. The third kappa shape index (κ3) is 4.48. The van der Waals surface area contributed by atoms with E-state index < -0.39 is 0 Å². The van der Waals surface area contributed by atoms with Crippen LogP contribution >= 0.6 is 0 Å². The van der Waals surface area contributed by atoms with Crippen molar-refractivity contribution in [1.82, 2.24) is 19.9 Å². The smallest absolute Gasteiger partial charge is 0.323 e. The topological polar surface area (TPSA) is 89.2 Å². The predicted octanol–water partition coefficient (Wildman–Crippen LogP) is 0.996. The molecule has 1 saturated heterocycles. The van der Waals surface area contributed by atoms with Crippen LogP contribution in [0.15, 0.2) is 0 Å². The van der Waals surface area contributed by atoms with Gasteiger partial charge in [-0.15, -0.1) is 0 Å². The molecule has 0 saturated carbocycles. The predicted molar refractivity (Wildman–Crippen MR) is 78.7 cm³/mol. The van der Waals surface area contributed by atoms with Gasteiger partial charge in [-0.2, -0.15) is 15.0 Å². The molecule has 0 radical (unpaired) electrons. The fourth-order valence-electron chi connectivity index (χ4n) is 2.21. The van der Waals surface area contributed by atoms with E-state index in [4.69, 9.17) is 10.5 Å². The highest BCUT2D eigenvalue weighted by molar-refractivity contribution is 5.32. The summed E-state index contributed by atoms with van der Waals surface area (Å²) >= 11 is 0. The molecule has 0 atom stereocenters. The van der Waals surface area contributed by atoms with Crippen molar-refractivity contribution in [2.75, 3.05) is 44.3 Å². The van der Waals surface area contributed by atoms with E-state index in [2.05, 4.69) is 32.2 Å². The molecule has 0 unspecified atom stereocenters. The summed E-state index contributed by atoms with van der Waals surface area (Å²) in [6.45, 7) is 5.78. The number of hydrogen-bond donors (Lipinski definition) is 2. The average molecular weight is 280 g/mol. The fraction of sp³-hybridized carbons (Fsp3) is 0.769. The lowest BCUT2D eigenvalue weighted by Gasteiger charge is -2.28. The maximum atomic E-state index is 5.67. The van der Waals surface area contributed by atoms with Gasteiger partial charge >= 0.3 is 6.01 Å². The Labute approximate surface area is 119 Å². The van der Waals surface area contributed by atoms with Crippen LogP contribution in [0, 0.1) is 5.92 Å². The molecule has 1 aliphatic rings. The Balaban J connectivity index is 1.87. The number of piperidine rings is 1. The van der Waals surface area contributed by atoms with Crippen molar-refractivity contribution in [1.29, 1.82) is 0 Å². The van der Waals surface area contributed by atoms with Gasteiger partial charge in [0.25, 0.3) is 0 Å². The summed E-state index contributed by atoms with van der Waals surface area (Å²) in [5.74, 6) is 1.35. The Kier molecular flexibility index (Phi) is 5.34. The summed E-state index contributed by atoms with van der Waals surface area (Å²) in [4.78, 5) is 14.6. The van der Waals surface area contributed by atoms with Gasteiger partial charge in [0.2, 0.25) is 11.9 Å². The molecule has 2 rings (SSSR count). The highest BCUT2D eigenvalue weighted by atomic mass is 16.5. The first-order valence-corrected chi connectivity index (χ1v) is 7.24. The lowest BCUT2D eigenvalue weighted by molar-refractivity contribution is 0.226. The molecule has 3 N–H and O–H groups in total. The summed E-state index contributed by atoms with van der Waals surface area (Å²) in [5.41, 5.74) is 5.67. The molecule has 2 heterocycles. The van der Waals surface area contributed by atoms with Crippen LogP contribution in [0.25, 0.3) is 0 Å². The number of ether oxygens (including phenoxy) is 1. The molecule has 1 fully saturated rings. The van der Waals surface area contributed by atoms with Crippen LogP contribution in [0.2, 0.25) is 0 Å². The van der Waals surface area contributed by atoms with Gasteiger partial charge in [-0.1, -0.05) is 6.92 Å². The molecule has 0 bridgehead atoms. The molecule has 1 aromatic heterocycles. The Morgan fingerprint density at radius 2 is 2.05 bits per heavy atom. The van der Waals surface area contributed by atoms with Crippen LogP contribution in [0.3, 0.4) is 0 Å². The summed E-state index contributed by atoms with van der Waals surface area (Å²) in [6.07, 6.45) is 3.30. The number of nitrogens with two attached hydrogens (primary N) is 1. The Hall–Kier alpha value is -1.63. The van der Waals surface area contributed by atoms with Gasteiger partial charge in [0, 0.05) is 6.54 Å². The number of anilines is 2. The van der Waals surface area contributed by atoms with Crippen LogP contribution in [0.5, 0.6) is 6.01 Å². The number of nitrogens with one attached hydrogen (secondary N) is 1. The molecule has 7 nitrogen and oxygen atoms in total. The third-order valence-corrected chi connectivity index (χ3v) is 3.45. The van der Waals surface area contributed by atoms with Crippen molar-refractivity contribution >= 4 is 11.9 Å². The first-order chi connectivity index (χ1) is 9.67. The second-order valence-corrected chi connectivity index (χ2v) is 5.28. The van der Waals surface area contributed by atoms with Gasteiger partial charge in [-0.25, -0.2) is 0 Å². The van der Waals surface area contributed by atoms with Gasteiger partial charge in [-0.3, -0.25) is 0 Å².